The Bertz CT molecular complexity index is 570. The molecular formula is C15H17F2N3O. The third kappa shape index (κ3) is 4.39. The van der Waals surface area contributed by atoms with Gasteiger partial charge >= 0.3 is 0 Å². The van der Waals surface area contributed by atoms with E-state index < -0.39 is 11.6 Å². The van der Waals surface area contributed by atoms with Crippen LogP contribution in [0.25, 0.3) is 0 Å². The Morgan fingerprint density at radius 3 is 2.48 bits per heavy atom. The van der Waals surface area contributed by atoms with Crippen LogP contribution in [0.4, 0.5) is 20.3 Å². The highest BCUT2D eigenvalue weighted by atomic mass is 19.1. The maximum Gasteiger partial charge on any atom is 0.126 e. The van der Waals surface area contributed by atoms with E-state index in [1.807, 2.05) is 18.0 Å². The molecule has 0 fully saturated rings. The molecule has 0 atom stereocenters. The van der Waals surface area contributed by atoms with E-state index in [1.54, 1.807) is 12.3 Å². The summed E-state index contributed by atoms with van der Waals surface area (Å²) in [7, 11) is 1.86. The summed E-state index contributed by atoms with van der Waals surface area (Å²) in [5.74, 6) is -0.581. The number of rotatable bonds is 6. The molecule has 6 heteroatoms. The number of anilines is 2. The Kier molecular flexibility index (Phi) is 5.05. The molecule has 0 amide bonds. The van der Waals surface area contributed by atoms with Crippen LogP contribution in [0, 0.1) is 11.6 Å². The fraction of sp³-hybridized carbons (Fsp3) is 0.267. The molecule has 0 aliphatic rings. The molecule has 0 saturated heterocycles. The second kappa shape index (κ2) is 6.99. The van der Waals surface area contributed by atoms with Crippen molar-refractivity contribution in [3.8, 4) is 0 Å². The molecule has 0 saturated carbocycles. The predicted octanol–water partition coefficient (Wildman–Crippen LogP) is 2.40. The Labute approximate surface area is 122 Å². The standard InChI is InChI=1S/C15H17F2N3O/c1-20(4-5-21)14-2-3-15(19-10-14)18-9-11-6-12(16)8-13(17)7-11/h2-3,6-8,10,21H,4-5,9H2,1H3,(H,18,19). The summed E-state index contributed by atoms with van der Waals surface area (Å²) >= 11 is 0. The summed E-state index contributed by atoms with van der Waals surface area (Å²) in [6.45, 7) is 0.881. The van der Waals surface area contributed by atoms with Crippen molar-refractivity contribution in [2.45, 2.75) is 6.54 Å². The quantitative estimate of drug-likeness (QED) is 0.858. The molecule has 1 aromatic carbocycles. The van der Waals surface area contributed by atoms with Crippen molar-refractivity contribution in [2.75, 3.05) is 30.4 Å². The lowest BCUT2D eigenvalue weighted by Gasteiger charge is -2.17. The minimum absolute atomic E-state index is 0.0711. The van der Waals surface area contributed by atoms with E-state index in [0.717, 1.165) is 11.8 Å². The SMILES string of the molecule is CN(CCO)c1ccc(NCc2cc(F)cc(F)c2)nc1. The number of hydrogen-bond donors (Lipinski definition) is 2. The highest BCUT2D eigenvalue weighted by molar-refractivity contribution is 5.49. The van der Waals surface area contributed by atoms with Crippen LogP contribution in [-0.2, 0) is 6.54 Å². The summed E-state index contributed by atoms with van der Waals surface area (Å²) in [6.07, 6.45) is 1.67. The first-order chi connectivity index (χ1) is 10.1. The van der Waals surface area contributed by atoms with Gasteiger partial charge in [0.25, 0.3) is 0 Å². The van der Waals surface area contributed by atoms with Crippen molar-refractivity contribution >= 4 is 11.5 Å². The maximum absolute atomic E-state index is 13.1. The molecule has 2 N–H and O–H groups in total. The second-order valence-electron chi connectivity index (χ2n) is 4.68. The molecule has 112 valence electrons. The van der Waals surface area contributed by atoms with Crippen LogP contribution in [0.15, 0.2) is 36.5 Å². The molecule has 21 heavy (non-hydrogen) atoms. The lowest BCUT2D eigenvalue weighted by Crippen LogP contribution is -2.21. The van der Waals surface area contributed by atoms with Crippen LogP contribution in [-0.4, -0.2) is 30.3 Å². The van der Waals surface area contributed by atoms with Gasteiger partial charge in [-0.15, -0.1) is 0 Å². The Balaban J connectivity index is 1.97. The van der Waals surface area contributed by atoms with E-state index in [1.165, 1.54) is 12.1 Å². The first kappa shape index (κ1) is 15.2. The normalized spacial score (nSPS) is 10.5. The largest absolute Gasteiger partial charge is 0.395 e. The number of pyridine rings is 1. The monoisotopic (exact) mass is 293 g/mol. The summed E-state index contributed by atoms with van der Waals surface area (Å²) < 4.78 is 26.1. The fourth-order valence-electron chi connectivity index (χ4n) is 1.90. The number of hydrogen-bond acceptors (Lipinski definition) is 4. The van der Waals surface area contributed by atoms with Crippen molar-refractivity contribution in [3.63, 3.8) is 0 Å². The van der Waals surface area contributed by atoms with E-state index in [-0.39, 0.29) is 13.2 Å². The summed E-state index contributed by atoms with van der Waals surface area (Å²) in [5, 5.41) is 11.9. The molecule has 0 aliphatic heterocycles. The minimum atomic E-state index is -0.597. The molecule has 2 rings (SSSR count). The number of aliphatic hydroxyl groups excluding tert-OH is 1. The third-order valence-electron chi connectivity index (χ3n) is 3.02. The predicted molar refractivity (Wildman–Crippen MR) is 78.3 cm³/mol. The topological polar surface area (TPSA) is 48.4 Å². The zero-order valence-electron chi connectivity index (χ0n) is 11.7. The summed E-state index contributed by atoms with van der Waals surface area (Å²) in [6, 6.07) is 7.03. The van der Waals surface area contributed by atoms with E-state index in [4.69, 9.17) is 5.11 Å². The van der Waals surface area contributed by atoms with E-state index in [0.29, 0.717) is 17.9 Å². The number of aliphatic hydroxyl groups is 1. The van der Waals surface area contributed by atoms with Gasteiger partial charge in [-0.2, -0.15) is 0 Å². The van der Waals surface area contributed by atoms with Crippen LogP contribution >= 0.6 is 0 Å². The molecule has 0 bridgehead atoms. The van der Waals surface area contributed by atoms with Crippen LogP contribution < -0.4 is 10.2 Å². The zero-order valence-corrected chi connectivity index (χ0v) is 11.7. The van der Waals surface area contributed by atoms with Crippen LogP contribution in [0.2, 0.25) is 0 Å². The first-order valence-corrected chi connectivity index (χ1v) is 6.55. The Morgan fingerprint density at radius 2 is 1.90 bits per heavy atom. The van der Waals surface area contributed by atoms with Gasteiger partial charge in [0.15, 0.2) is 0 Å². The fourth-order valence-corrected chi connectivity index (χ4v) is 1.90. The molecule has 4 nitrogen and oxygen atoms in total. The number of halogens is 2. The third-order valence-corrected chi connectivity index (χ3v) is 3.02. The van der Waals surface area contributed by atoms with Gasteiger partial charge in [0, 0.05) is 26.2 Å². The molecule has 0 radical (unpaired) electrons. The first-order valence-electron chi connectivity index (χ1n) is 6.55. The van der Waals surface area contributed by atoms with Crippen LogP contribution in [0.1, 0.15) is 5.56 Å². The lowest BCUT2D eigenvalue weighted by molar-refractivity contribution is 0.304. The molecule has 0 aliphatic carbocycles. The molecule has 1 heterocycles. The number of likely N-dealkylation sites (N-methyl/N-ethyl adjacent to an activating group) is 1. The van der Waals surface area contributed by atoms with Gasteiger partial charge in [0.1, 0.15) is 17.5 Å². The smallest absolute Gasteiger partial charge is 0.126 e. The molecule has 1 aromatic heterocycles. The Hall–Kier alpha value is -2.21. The summed E-state index contributed by atoms with van der Waals surface area (Å²) in [5.41, 5.74) is 1.39. The van der Waals surface area contributed by atoms with Crippen molar-refractivity contribution in [1.82, 2.24) is 4.98 Å². The van der Waals surface area contributed by atoms with Gasteiger partial charge in [-0.25, -0.2) is 13.8 Å². The average Bonchev–Trinajstić information content (AvgIpc) is 2.45. The van der Waals surface area contributed by atoms with Crippen LogP contribution in [0.5, 0.6) is 0 Å². The number of nitrogens with one attached hydrogen (secondary N) is 1. The van der Waals surface area contributed by atoms with Crippen molar-refractivity contribution in [2.24, 2.45) is 0 Å². The van der Waals surface area contributed by atoms with E-state index in [9.17, 15) is 8.78 Å². The van der Waals surface area contributed by atoms with Crippen LogP contribution in [0.3, 0.4) is 0 Å². The van der Waals surface area contributed by atoms with Gasteiger partial charge < -0.3 is 15.3 Å². The molecule has 2 aromatic rings. The highest BCUT2D eigenvalue weighted by Crippen LogP contribution is 2.15. The van der Waals surface area contributed by atoms with Crippen molar-refractivity contribution in [1.29, 1.82) is 0 Å². The van der Waals surface area contributed by atoms with Gasteiger partial charge in [0.05, 0.1) is 18.5 Å². The minimum Gasteiger partial charge on any atom is -0.395 e. The van der Waals surface area contributed by atoms with Gasteiger partial charge in [-0.05, 0) is 29.8 Å². The van der Waals surface area contributed by atoms with Gasteiger partial charge in [0.2, 0.25) is 0 Å². The number of benzene rings is 1. The highest BCUT2D eigenvalue weighted by Gasteiger charge is 2.03. The molecule has 0 unspecified atom stereocenters. The van der Waals surface area contributed by atoms with E-state index >= 15 is 0 Å². The summed E-state index contributed by atoms with van der Waals surface area (Å²) in [4.78, 5) is 6.09. The van der Waals surface area contributed by atoms with E-state index in [2.05, 4.69) is 10.3 Å². The van der Waals surface area contributed by atoms with Crippen molar-refractivity contribution in [3.05, 3.63) is 53.7 Å². The number of nitrogens with zero attached hydrogens (tertiary/aromatic N) is 2. The van der Waals surface area contributed by atoms with Gasteiger partial charge in [-0.1, -0.05) is 0 Å². The average molecular weight is 293 g/mol. The molecular weight excluding hydrogens is 276 g/mol. The van der Waals surface area contributed by atoms with Gasteiger partial charge in [-0.3, -0.25) is 0 Å². The second-order valence-corrected chi connectivity index (χ2v) is 4.68. The molecule has 0 spiro atoms. The van der Waals surface area contributed by atoms with Crippen molar-refractivity contribution < 1.29 is 13.9 Å². The zero-order chi connectivity index (χ0) is 15.2. The number of aromatic nitrogens is 1. The lowest BCUT2D eigenvalue weighted by atomic mass is 10.2. The Morgan fingerprint density at radius 1 is 1.19 bits per heavy atom. The maximum atomic E-state index is 13.1.